The number of fused-ring (bicyclic) bond motifs is 2. The van der Waals surface area contributed by atoms with E-state index in [1.165, 1.54) is 17.0 Å². The minimum Gasteiger partial charge on any atom is -0.356 e. The van der Waals surface area contributed by atoms with Crippen LogP contribution in [0.25, 0.3) is 33.1 Å². The molecule has 28 heavy (non-hydrogen) atoms. The van der Waals surface area contributed by atoms with Crippen LogP contribution >= 0.6 is 0 Å². The van der Waals surface area contributed by atoms with Crippen LogP contribution in [-0.2, 0) is 13.6 Å². The van der Waals surface area contributed by atoms with E-state index < -0.39 is 0 Å². The van der Waals surface area contributed by atoms with E-state index >= 15 is 0 Å². The van der Waals surface area contributed by atoms with Crippen LogP contribution in [0.5, 0.6) is 0 Å². The predicted octanol–water partition coefficient (Wildman–Crippen LogP) is 4.00. The number of aromatic nitrogens is 4. The van der Waals surface area contributed by atoms with Gasteiger partial charge in [-0.25, -0.2) is 9.97 Å². The second kappa shape index (κ2) is 6.46. The third kappa shape index (κ3) is 2.87. The van der Waals surface area contributed by atoms with E-state index in [0.717, 1.165) is 16.7 Å². The number of hydrogen-bond donors (Lipinski definition) is 0. The van der Waals surface area contributed by atoms with E-state index in [0.29, 0.717) is 17.7 Å². The molecule has 0 amide bonds. The van der Waals surface area contributed by atoms with E-state index in [2.05, 4.69) is 57.3 Å². The predicted molar refractivity (Wildman–Crippen MR) is 111 cm³/mol. The first-order chi connectivity index (χ1) is 13.7. The van der Waals surface area contributed by atoms with Crippen molar-refractivity contribution in [3.63, 3.8) is 0 Å². The summed E-state index contributed by atoms with van der Waals surface area (Å²) in [5.74, 6) is 0. The van der Waals surface area contributed by atoms with Gasteiger partial charge in [-0.05, 0) is 51.7 Å². The highest BCUT2D eigenvalue weighted by atomic mass is 16.1. The summed E-state index contributed by atoms with van der Waals surface area (Å²) in [6.07, 6.45) is 7.28. The van der Waals surface area contributed by atoms with Gasteiger partial charge in [0.05, 0.1) is 12.7 Å². The molecule has 0 atom stereocenters. The molecular weight excluding hydrogens is 348 g/mol. The molecule has 136 valence electrons. The van der Waals surface area contributed by atoms with Crippen LogP contribution in [0.1, 0.15) is 5.56 Å². The summed E-state index contributed by atoms with van der Waals surface area (Å²) in [6, 6.07) is 18.5. The van der Waals surface area contributed by atoms with Crippen molar-refractivity contribution < 1.29 is 0 Å². The lowest BCUT2D eigenvalue weighted by Gasteiger charge is -2.10. The summed E-state index contributed by atoms with van der Waals surface area (Å²) in [5.41, 5.74) is 4.50. The van der Waals surface area contributed by atoms with Crippen molar-refractivity contribution in [1.82, 2.24) is 19.1 Å². The fourth-order valence-corrected chi connectivity index (χ4v) is 3.64. The van der Waals surface area contributed by atoms with Crippen LogP contribution in [0.2, 0.25) is 0 Å². The normalized spacial score (nSPS) is 11.3. The zero-order valence-electron chi connectivity index (χ0n) is 15.4. The number of aryl methyl sites for hydroxylation is 1. The molecule has 0 fully saturated rings. The number of nitrogens with zero attached hydrogens (tertiary/aromatic N) is 4. The molecule has 2 aromatic carbocycles. The van der Waals surface area contributed by atoms with Gasteiger partial charge in [0.15, 0.2) is 5.65 Å². The minimum atomic E-state index is -0.151. The van der Waals surface area contributed by atoms with Crippen molar-refractivity contribution >= 4 is 21.9 Å². The lowest BCUT2D eigenvalue weighted by Crippen LogP contribution is -2.21. The number of rotatable bonds is 3. The molecule has 0 radical (unpaired) electrons. The topological polar surface area (TPSA) is 52.7 Å². The highest BCUT2D eigenvalue weighted by molar-refractivity contribution is 5.87. The fourth-order valence-electron chi connectivity index (χ4n) is 3.64. The van der Waals surface area contributed by atoms with E-state index in [-0.39, 0.29) is 5.56 Å². The van der Waals surface area contributed by atoms with Gasteiger partial charge in [-0.3, -0.25) is 9.36 Å². The van der Waals surface area contributed by atoms with Gasteiger partial charge in [0.25, 0.3) is 5.56 Å². The van der Waals surface area contributed by atoms with E-state index in [1.807, 2.05) is 31.3 Å². The maximum Gasteiger partial charge on any atom is 0.270 e. The Labute approximate surface area is 161 Å². The second-order valence-corrected chi connectivity index (χ2v) is 7.00. The average Bonchev–Trinajstić information content (AvgIpc) is 3.09. The first-order valence-electron chi connectivity index (χ1n) is 9.13. The Balaban J connectivity index is 1.56. The third-order valence-corrected chi connectivity index (χ3v) is 4.98. The van der Waals surface area contributed by atoms with Crippen LogP contribution in [0.3, 0.4) is 0 Å². The smallest absolute Gasteiger partial charge is 0.270 e. The number of pyridine rings is 1. The molecule has 3 aromatic heterocycles. The first-order valence-corrected chi connectivity index (χ1v) is 9.13. The summed E-state index contributed by atoms with van der Waals surface area (Å²) in [6.45, 7) is 0.455. The highest BCUT2D eigenvalue weighted by Gasteiger charge is 2.07. The van der Waals surface area contributed by atoms with E-state index in [1.54, 1.807) is 10.8 Å². The number of hydrogen-bond acceptors (Lipinski definition) is 3. The molecule has 0 N–H and O–H groups in total. The molecule has 0 bridgehead atoms. The van der Waals surface area contributed by atoms with Gasteiger partial charge < -0.3 is 4.57 Å². The Hall–Kier alpha value is -3.73. The molecule has 0 aliphatic carbocycles. The van der Waals surface area contributed by atoms with Crippen LogP contribution in [0, 0.1) is 0 Å². The van der Waals surface area contributed by atoms with Crippen molar-refractivity contribution in [2.24, 2.45) is 7.05 Å². The molecule has 5 heteroatoms. The van der Waals surface area contributed by atoms with E-state index in [4.69, 9.17) is 0 Å². The zero-order valence-corrected chi connectivity index (χ0v) is 15.4. The highest BCUT2D eigenvalue weighted by Crippen LogP contribution is 2.26. The zero-order chi connectivity index (χ0) is 19.1. The average molecular weight is 366 g/mol. The Morgan fingerprint density at radius 2 is 1.75 bits per heavy atom. The van der Waals surface area contributed by atoms with Crippen LogP contribution in [0.4, 0.5) is 0 Å². The summed E-state index contributed by atoms with van der Waals surface area (Å²) in [4.78, 5) is 20.9. The van der Waals surface area contributed by atoms with Crippen molar-refractivity contribution in [1.29, 1.82) is 0 Å². The van der Waals surface area contributed by atoms with Crippen LogP contribution in [0.15, 0.2) is 84.2 Å². The van der Waals surface area contributed by atoms with Gasteiger partial charge in [-0.15, -0.1) is 0 Å². The van der Waals surface area contributed by atoms with Gasteiger partial charge in [-0.2, -0.15) is 0 Å². The van der Waals surface area contributed by atoms with E-state index in [9.17, 15) is 4.79 Å². The lowest BCUT2D eigenvalue weighted by molar-refractivity contribution is 0.775. The SMILES string of the molecule is Cn1cc2ccc(-c3cccc(Cn4c(=O)cnc5cccnc54)c3)cc2c1. The third-order valence-electron chi connectivity index (χ3n) is 4.98. The fraction of sp³-hybridized carbons (Fsp3) is 0.0870. The van der Waals surface area contributed by atoms with Gasteiger partial charge in [0.2, 0.25) is 0 Å². The maximum absolute atomic E-state index is 12.4. The van der Waals surface area contributed by atoms with Gasteiger partial charge >= 0.3 is 0 Å². The lowest BCUT2D eigenvalue weighted by atomic mass is 10.0. The second-order valence-electron chi connectivity index (χ2n) is 7.00. The summed E-state index contributed by atoms with van der Waals surface area (Å²) in [7, 11) is 2.03. The van der Waals surface area contributed by atoms with Gasteiger partial charge in [-0.1, -0.05) is 30.3 Å². The Kier molecular flexibility index (Phi) is 3.79. The monoisotopic (exact) mass is 366 g/mol. The van der Waals surface area contributed by atoms with Gasteiger partial charge in [0, 0.05) is 25.6 Å². The molecule has 0 saturated carbocycles. The molecule has 5 rings (SSSR count). The molecule has 0 spiro atoms. The first kappa shape index (κ1) is 16.4. The molecule has 5 aromatic rings. The Bertz CT molecular complexity index is 1380. The summed E-state index contributed by atoms with van der Waals surface area (Å²) >= 11 is 0. The Morgan fingerprint density at radius 1 is 0.893 bits per heavy atom. The molecule has 0 saturated heterocycles. The molecule has 0 unspecified atom stereocenters. The standard InChI is InChI=1S/C23H18N4O/c1-26-14-19-8-7-18(11-20(19)15-26)17-5-2-4-16(10-17)13-27-22(28)12-25-21-6-3-9-24-23(21)27/h2-12,14-15H,13H2,1H3. The maximum atomic E-state index is 12.4. The molecule has 0 aliphatic heterocycles. The quantitative estimate of drug-likeness (QED) is 0.485. The molecule has 3 heterocycles. The van der Waals surface area contributed by atoms with Crippen molar-refractivity contribution in [2.45, 2.75) is 6.54 Å². The van der Waals surface area contributed by atoms with Crippen molar-refractivity contribution in [3.05, 3.63) is 95.3 Å². The molecule has 0 aliphatic rings. The van der Waals surface area contributed by atoms with Crippen LogP contribution < -0.4 is 5.56 Å². The Morgan fingerprint density at radius 3 is 2.68 bits per heavy atom. The molecule has 5 nitrogen and oxygen atoms in total. The summed E-state index contributed by atoms with van der Waals surface area (Å²) < 4.78 is 3.74. The summed E-state index contributed by atoms with van der Waals surface area (Å²) in [5, 5.41) is 2.44. The van der Waals surface area contributed by atoms with Crippen LogP contribution in [-0.4, -0.2) is 19.1 Å². The minimum absolute atomic E-state index is 0.151. The van der Waals surface area contributed by atoms with Crippen molar-refractivity contribution in [2.75, 3.05) is 0 Å². The van der Waals surface area contributed by atoms with Crippen molar-refractivity contribution in [3.8, 4) is 11.1 Å². The molecular formula is C23H18N4O. The largest absolute Gasteiger partial charge is 0.356 e. The van der Waals surface area contributed by atoms with Gasteiger partial charge in [0.1, 0.15) is 5.52 Å². The number of benzene rings is 2.